The second-order valence-electron chi connectivity index (χ2n) is 7.02. The molecule has 6 heteroatoms. The number of nitrogens with two attached hydrogens (primary N) is 1. The van der Waals surface area contributed by atoms with Gasteiger partial charge in [0.15, 0.2) is 0 Å². The molecule has 1 aliphatic rings. The van der Waals surface area contributed by atoms with Crippen molar-refractivity contribution in [1.82, 2.24) is 4.90 Å². The van der Waals surface area contributed by atoms with Crippen molar-refractivity contribution in [3.8, 4) is 0 Å². The van der Waals surface area contributed by atoms with Crippen LogP contribution in [0.25, 0.3) is 0 Å². The Hall–Kier alpha value is -2.70. The molecular formula is C22H26N2O4. The molecule has 0 radical (unpaired) electrons. The molecule has 1 heterocycles. The Balaban J connectivity index is 1.72. The summed E-state index contributed by atoms with van der Waals surface area (Å²) in [5, 5.41) is 0. The summed E-state index contributed by atoms with van der Waals surface area (Å²) in [6.45, 7) is 2.65. The number of hydrogen-bond acceptors (Lipinski definition) is 5. The molecule has 0 aliphatic carbocycles. The van der Waals surface area contributed by atoms with Crippen LogP contribution in [0.1, 0.15) is 40.9 Å². The first-order valence-corrected chi connectivity index (χ1v) is 9.43. The van der Waals surface area contributed by atoms with Gasteiger partial charge < -0.3 is 15.2 Å². The van der Waals surface area contributed by atoms with Crippen LogP contribution in [0.3, 0.4) is 0 Å². The fraction of sp³-hybridized carbons (Fsp3) is 0.364. The predicted octanol–water partition coefficient (Wildman–Crippen LogP) is 2.68. The van der Waals surface area contributed by atoms with Crippen LogP contribution in [-0.2, 0) is 20.7 Å². The number of aryl methyl sites for hydroxylation is 1. The molecule has 2 aromatic rings. The normalized spacial score (nSPS) is 20.6. The first-order chi connectivity index (χ1) is 13.5. The van der Waals surface area contributed by atoms with E-state index in [2.05, 4.69) is 6.92 Å². The molecule has 1 aliphatic heterocycles. The van der Waals surface area contributed by atoms with Crippen molar-refractivity contribution >= 4 is 11.9 Å². The van der Waals surface area contributed by atoms with E-state index in [9.17, 15) is 9.59 Å². The largest absolute Gasteiger partial charge is 0.466 e. The Bertz CT molecular complexity index is 824. The molecule has 0 saturated carbocycles. The monoisotopic (exact) mass is 382 g/mol. The predicted molar refractivity (Wildman–Crippen MR) is 106 cm³/mol. The molecular weight excluding hydrogens is 356 g/mol. The summed E-state index contributed by atoms with van der Waals surface area (Å²) in [5.74, 6) is -0.827. The van der Waals surface area contributed by atoms with Gasteiger partial charge in [0.1, 0.15) is 0 Å². The maximum atomic E-state index is 12.3. The molecule has 0 aromatic heterocycles. The van der Waals surface area contributed by atoms with Gasteiger partial charge in [-0.1, -0.05) is 48.5 Å². The van der Waals surface area contributed by atoms with Gasteiger partial charge in [0, 0.05) is 18.2 Å². The molecule has 0 spiro atoms. The third-order valence-electron chi connectivity index (χ3n) is 5.23. The van der Waals surface area contributed by atoms with E-state index in [0.29, 0.717) is 18.5 Å². The van der Waals surface area contributed by atoms with Crippen LogP contribution in [0.2, 0.25) is 0 Å². The third kappa shape index (κ3) is 4.40. The van der Waals surface area contributed by atoms with Crippen molar-refractivity contribution in [1.29, 1.82) is 0 Å². The molecule has 28 heavy (non-hydrogen) atoms. The summed E-state index contributed by atoms with van der Waals surface area (Å²) < 4.78 is 11.0. The molecule has 1 unspecified atom stereocenters. The zero-order chi connectivity index (χ0) is 20.1. The van der Waals surface area contributed by atoms with E-state index in [1.54, 1.807) is 12.1 Å². The van der Waals surface area contributed by atoms with E-state index < -0.39 is 18.1 Å². The molecule has 2 aromatic carbocycles. The van der Waals surface area contributed by atoms with Crippen LogP contribution in [0, 0.1) is 0 Å². The molecule has 3 rings (SSSR count). The Labute approximate surface area is 165 Å². The molecule has 148 valence electrons. The number of primary amides is 1. The summed E-state index contributed by atoms with van der Waals surface area (Å²) in [7, 11) is 1.37. The van der Waals surface area contributed by atoms with Gasteiger partial charge in [-0.25, -0.2) is 4.79 Å². The Morgan fingerprint density at radius 3 is 2.54 bits per heavy atom. The highest BCUT2D eigenvalue weighted by molar-refractivity contribution is 5.94. The average molecular weight is 382 g/mol. The minimum absolute atomic E-state index is 0.0544. The van der Waals surface area contributed by atoms with E-state index in [4.69, 9.17) is 15.2 Å². The van der Waals surface area contributed by atoms with E-state index >= 15 is 0 Å². The van der Waals surface area contributed by atoms with Crippen molar-refractivity contribution in [3.63, 3.8) is 0 Å². The SMILES string of the molecule is COC(=O)[C@@H]1O[C@H](c2ccccc2)CN1C(C)CCc1ccccc1C(N)=O. The topological polar surface area (TPSA) is 81.9 Å². The van der Waals surface area contributed by atoms with Gasteiger partial charge in [-0.15, -0.1) is 0 Å². The molecule has 1 saturated heterocycles. The molecule has 2 N–H and O–H groups in total. The van der Waals surface area contributed by atoms with E-state index in [-0.39, 0.29) is 12.1 Å². The lowest BCUT2D eigenvalue weighted by Gasteiger charge is -2.27. The fourth-order valence-corrected chi connectivity index (χ4v) is 3.63. The highest BCUT2D eigenvalue weighted by atomic mass is 16.6. The van der Waals surface area contributed by atoms with Gasteiger partial charge in [0.25, 0.3) is 0 Å². The van der Waals surface area contributed by atoms with Crippen molar-refractivity contribution < 1.29 is 19.1 Å². The van der Waals surface area contributed by atoms with Crippen molar-refractivity contribution in [2.75, 3.05) is 13.7 Å². The second-order valence-corrected chi connectivity index (χ2v) is 7.02. The maximum Gasteiger partial charge on any atom is 0.350 e. The van der Waals surface area contributed by atoms with Crippen molar-refractivity contribution in [2.45, 2.75) is 38.1 Å². The van der Waals surface area contributed by atoms with Gasteiger partial charge in [-0.2, -0.15) is 0 Å². The smallest absolute Gasteiger partial charge is 0.350 e. The lowest BCUT2D eigenvalue weighted by Crippen LogP contribution is -2.43. The lowest BCUT2D eigenvalue weighted by molar-refractivity contribution is -0.162. The van der Waals surface area contributed by atoms with Gasteiger partial charge in [-0.05, 0) is 37.0 Å². The van der Waals surface area contributed by atoms with Crippen LogP contribution in [0.4, 0.5) is 0 Å². The van der Waals surface area contributed by atoms with Gasteiger partial charge in [0.2, 0.25) is 12.1 Å². The van der Waals surface area contributed by atoms with Crippen LogP contribution in [0.5, 0.6) is 0 Å². The number of rotatable bonds is 7. The number of benzene rings is 2. The minimum Gasteiger partial charge on any atom is -0.466 e. The van der Waals surface area contributed by atoms with Gasteiger partial charge in [0.05, 0.1) is 13.2 Å². The van der Waals surface area contributed by atoms with Crippen LogP contribution < -0.4 is 5.73 Å². The summed E-state index contributed by atoms with van der Waals surface area (Å²) in [4.78, 5) is 25.9. The summed E-state index contributed by atoms with van der Waals surface area (Å²) in [5.41, 5.74) is 7.96. The van der Waals surface area contributed by atoms with E-state index in [0.717, 1.165) is 17.5 Å². The number of esters is 1. The molecule has 0 bridgehead atoms. The summed E-state index contributed by atoms with van der Waals surface area (Å²) in [6.07, 6.45) is 0.505. The summed E-state index contributed by atoms with van der Waals surface area (Å²) in [6, 6.07) is 17.3. The minimum atomic E-state index is -0.739. The van der Waals surface area contributed by atoms with Gasteiger partial charge in [-0.3, -0.25) is 9.69 Å². The zero-order valence-corrected chi connectivity index (χ0v) is 16.2. The number of hydrogen-bond donors (Lipinski definition) is 1. The van der Waals surface area contributed by atoms with Gasteiger partial charge >= 0.3 is 5.97 Å². The van der Waals surface area contributed by atoms with Crippen molar-refractivity contribution in [2.24, 2.45) is 5.73 Å². The number of carbonyl (C=O) groups excluding carboxylic acids is 2. The Kier molecular flexibility index (Phi) is 6.44. The molecule has 3 atom stereocenters. The quantitative estimate of drug-likeness (QED) is 0.745. The molecule has 6 nitrogen and oxygen atoms in total. The zero-order valence-electron chi connectivity index (χ0n) is 16.2. The first-order valence-electron chi connectivity index (χ1n) is 9.43. The third-order valence-corrected chi connectivity index (χ3v) is 5.23. The average Bonchev–Trinajstić information content (AvgIpc) is 3.18. The Morgan fingerprint density at radius 1 is 1.18 bits per heavy atom. The highest BCUT2D eigenvalue weighted by Gasteiger charge is 2.41. The van der Waals surface area contributed by atoms with E-state index in [1.807, 2.05) is 47.4 Å². The fourth-order valence-electron chi connectivity index (χ4n) is 3.63. The van der Waals surface area contributed by atoms with Crippen LogP contribution in [-0.4, -0.2) is 42.7 Å². The number of carbonyl (C=O) groups is 2. The molecule has 1 fully saturated rings. The standard InChI is InChI=1S/C22H26N2O4/c1-15(12-13-16-8-6-7-11-18(16)20(23)25)24-14-19(17-9-4-3-5-10-17)28-21(24)22(26)27-2/h3-11,15,19,21H,12-14H2,1-2H3,(H2,23,25)/t15?,19-,21-/m0/s1. The number of nitrogens with zero attached hydrogens (tertiary/aromatic N) is 1. The number of amides is 1. The van der Waals surface area contributed by atoms with E-state index in [1.165, 1.54) is 7.11 Å². The van der Waals surface area contributed by atoms with Crippen LogP contribution >= 0.6 is 0 Å². The second kappa shape index (κ2) is 8.99. The number of ether oxygens (including phenoxy) is 2. The van der Waals surface area contributed by atoms with Crippen LogP contribution in [0.15, 0.2) is 54.6 Å². The lowest BCUT2D eigenvalue weighted by atomic mass is 9.99. The first kappa shape index (κ1) is 20.0. The maximum absolute atomic E-state index is 12.3. The number of methoxy groups -OCH3 is 1. The molecule has 1 amide bonds. The highest BCUT2D eigenvalue weighted by Crippen LogP contribution is 2.32. The summed E-state index contributed by atoms with van der Waals surface area (Å²) >= 11 is 0. The van der Waals surface area contributed by atoms with Crippen molar-refractivity contribution in [3.05, 3.63) is 71.3 Å². The Morgan fingerprint density at radius 2 is 1.86 bits per heavy atom.